The number of rotatable bonds is 10. The predicted octanol–water partition coefficient (Wildman–Crippen LogP) is 4.97. The number of aryl methyl sites for hydroxylation is 1. The van der Waals surface area contributed by atoms with Crippen LogP contribution in [-0.4, -0.2) is 33.0 Å². The highest BCUT2D eigenvalue weighted by Crippen LogP contribution is 2.28. The van der Waals surface area contributed by atoms with E-state index in [1.165, 1.54) is 6.07 Å². The maximum absolute atomic E-state index is 12.2. The van der Waals surface area contributed by atoms with E-state index in [0.29, 0.717) is 41.8 Å². The number of primary sulfonamides is 1. The standard InChI is InChI=1S/C31H30N4O6S/c32-29(35-31(37)40-21-23-8-2-1-3-9-23)25-12-6-10-22(20-25)11-7-19-34-30(36)41-26-17-15-24(16-18-26)27-13-4-5-14-28(27)42(33,38)39/h1-6,8-10,12-18,20H,7,11,19,21H2,(H,34,36)(H2,32,35,37)(H2,33,38,39). The van der Waals surface area contributed by atoms with Gasteiger partial charge >= 0.3 is 12.2 Å². The summed E-state index contributed by atoms with van der Waals surface area (Å²) in [6.07, 6.45) is -0.0962. The number of carbonyl (C=O) groups is 2. The molecule has 0 aliphatic heterocycles. The molecule has 0 bridgehead atoms. The van der Waals surface area contributed by atoms with Crippen LogP contribution >= 0.6 is 0 Å². The molecule has 0 saturated carbocycles. The molecular formula is C31H30N4O6S. The highest BCUT2D eigenvalue weighted by molar-refractivity contribution is 7.89. The number of benzene rings is 4. The van der Waals surface area contributed by atoms with E-state index in [2.05, 4.69) is 10.6 Å². The first-order chi connectivity index (χ1) is 20.2. The maximum atomic E-state index is 12.2. The third-order valence-corrected chi connectivity index (χ3v) is 7.11. The van der Waals surface area contributed by atoms with Crippen molar-refractivity contribution in [1.82, 2.24) is 10.6 Å². The van der Waals surface area contributed by atoms with Crippen LogP contribution in [0.15, 0.2) is 108 Å². The fraction of sp³-hybridized carbons (Fsp3) is 0.129. The molecule has 0 unspecified atom stereocenters. The summed E-state index contributed by atoms with van der Waals surface area (Å²) >= 11 is 0. The number of nitrogens with two attached hydrogens (primary N) is 1. The zero-order valence-corrected chi connectivity index (χ0v) is 23.4. The molecule has 0 spiro atoms. The van der Waals surface area contributed by atoms with Crippen molar-refractivity contribution in [3.8, 4) is 16.9 Å². The van der Waals surface area contributed by atoms with Gasteiger partial charge < -0.3 is 14.8 Å². The van der Waals surface area contributed by atoms with E-state index < -0.39 is 22.2 Å². The fourth-order valence-electron chi connectivity index (χ4n) is 4.10. The van der Waals surface area contributed by atoms with E-state index in [1.807, 2.05) is 36.4 Å². The third-order valence-electron chi connectivity index (χ3n) is 6.14. The van der Waals surface area contributed by atoms with Gasteiger partial charge in [-0.2, -0.15) is 0 Å². The van der Waals surface area contributed by atoms with E-state index in [1.54, 1.807) is 60.7 Å². The highest BCUT2D eigenvalue weighted by atomic mass is 32.2. The molecule has 0 heterocycles. The molecule has 0 aliphatic carbocycles. The molecule has 0 saturated heterocycles. The van der Waals surface area contributed by atoms with Gasteiger partial charge in [0.1, 0.15) is 18.2 Å². The first kappa shape index (κ1) is 30.0. The molecule has 0 atom stereocenters. The lowest BCUT2D eigenvalue weighted by Gasteiger charge is -2.10. The second-order valence-electron chi connectivity index (χ2n) is 9.25. The summed E-state index contributed by atoms with van der Waals surface area (Å²) in [7, 11) is -3.89. The first-order valence-corrected chi connectivity index (χ1v) is 14.6. The molecule has 0 radical (unpaired) electrons. The molecule has 2 amide bonds. The van der Waals surface area contributed by atoms with Crippen LogP contribution in [0.25, 0.3) is 11.1 Å². The molecule has 4 aromatic carbocycles. The van der Waals surface area contributed by atoms with Crippen molar-refractivity contribution in [2.45, 2.75) is 24.3 Å². The molecule has 11 heteroatoms. The molecule has 0 aliphatic rings. The Bertz CT molecular complexity index is 1660. The highest BCUT2D eigenvalue weighted by Gasteiger charge is 2.15. The minimum absolute atomic E-state index is 0.0105. The Labute approximate surface area is 244 Å². The minimum atomic E-state index is -3.89. The molecule has 5 N–H and O–H groups in total. The summed E-state index contributed by atoms with van der Waals surface area (Å²) in [5.41, 5.74) is 3.38. The van der Waals surface area contributed by atoms with E-state index in [9.17, 15) is 18.0 Å². The molecule has 0 fully saturated rings. The van der Waals surface area contributed by atoms with Crippen LogP contribution in [0.4, 0.5) is 9.59 Å². The lowest BCUT2D eigenvalue weighted by atomic mass is 10.1. The number of hydrogen-bond acceptors (Lipinski definition) is 7. The monoisotopic (exact) mass is 586 g/mol. The molecule has 42 heavy (non-hydrogen) atoms. The zero-order chi connectivity index (χ0) is 30.0. The smallest absolute Gasteiger partial charge is 0.413 e. The number of amides is 2. The summed E-state index contributed by atoms with van der Waals surface area (Å²) in [5.74, 6) is 0.223. The molecular weight excluding hydrogens is 556 g/mol. The first-order valence-electron chi connectivity index (χ1n) is 13.0. The van der Waals surface area contributed by atoms with E-state index in [-0.39, 0.29) is 17.3 Å². The summed E-state index contributed by atoms with van der Waals surface area (Å²) in [6, 6.07) is 29.3. The van der Waals surface area contributed by atoms with Crippen molar-refractivity contribution in [2.75, 3.05) is 6.54 Å². The van der Waals surface area contributed by atoms with Crippen molar-refractivity contribution in [3.63, 3.8) is 0 Å². The number of amidine groups is 1. The SMILES string of the molecule is N=C(NC(=O)OCc1ccccc1)c1cccc(CCCNC(=O)Oc2ccc(-c3ccccc3S(N)(=O)=O)cc2)c1. The van der Waals surface area contributed by atoms with Crippen LogP contribution in [0.3, 0.4) is 0 Å². The van der Waals surface area contributed by atoms with Gasteiger partial charge in [0, 0.05) is 17.7 Å². The van der Waals surface area contributed by atoms with Gasteiger partial charge in [0.05, 0.1) is 4.90 Å². The quantitative estimate of drug-likeness (QED) is 0.117. The number of alkyl carbamates (subject to hydrolysis) is 1. The van der Waals surface area contributed by atoms with Crippen molar-refractivity contribution < 1.29 is 27.5 Å². The Morgan fingerprint density at radius 2 is 1.50 bits per heavy atom. The summed E-state index contributed by atoms with van der Waals surface area (Å²) < 4.78 is 34.2. The van der Waals surface area contributed by atoms with E-state index >= 15 is 0 Å². The zero-order valence-electron chi connectivity index (χ0n) is 22.6. The Kier molecular flexibility index (Phi) is 10.0. The molecule has 4 aromatic rings. The average Bonchev–Trinajstić information content (AvgIpc) is 2.99. The number of ether oxygens (including phenoxy) is 2. The van der Waals surface area contributed by atoms with Crippen LogP contribution in [0, 0.1) is 5.41 Å². The summed E-state index contributed by atoms with van der Waals surface area (Å²) in [6.45, 7) is 0.459. The Hall–Kier alpha value is -5.00. The van der Waals surface area contributed by atoms with Crippen molar-refractivity contribution in [2.24, 2.45) is 5.14 Å². The largest absolute Gasteiger partial charge is 0.444 e. The van der Waals surface area contributed by atoms with Crippen molar-refractivity contribution >= 4 is 28.0 Å². The Morgan fingerprint density at radius 3 is 2.24 bits per heavy atom. The van der Waals surface area contributed by atoms with Gasteiger partial charge in [0.15, 0.2) is 0 Å². The van der Waals surface area contributed by atoms with Gasteiger partial charge in [-0.15, -0.1) is 0 Å². The second kappa shape index (κ2) is 14.1. The van der Waals surface area contributed by atoms with Gasteiger partial charge in [0.25, 0.3) is 0 Å². The van der Waals surface area contributed by atoms with Crippen molar-refractivity contribution in [1.29, 1.82) is 5.41 Å². The minimum Gasteiger partial charge on any atom is -0.444 e. The number of nitrogens with one attached hydrogen (secondary N) is 3. The molecule has 4 rings (SSSR count). The fourth-order valence-corrected chi connectivity index (χ4v) is 4.86. The van der Waals surface area contributed by atoms with Gasteiger partial charge in [-0.25, -0.2) is 23.1 Å². The topological polar surface area (TPSA) is 161 Å². The van der Waals surface area contributed by atoms with Gasteiger partial charge in [-0.05, 0) is 53.8 Å². The van der Waals surface area contributed by atoms with Crippen LogP contribution < -0.4 is 20.5 Å². The van der Waals surface area contributed by atoms with Crippen LogP contribution in [0.1, 0.15) is 23.1 Å². The second-order valence-corrected chi connectivity index (χ2v) is 10.8. The molecule has 10 nitrogen and oxygen atoms in total. The van der Waals surface area contributed by atoms with E-state index in [4.69, 9.17) is 20.0 Å². The number of sulfonamides is 1. The maximum Gasteiger partial charge on any atom is 0.413 e. The summed E-state index contributed by atoms with van der Waals surface area (Å²) in [4.78, 5) is 24.3. The van der Waals surface area contributed by atoms with Gasteiger partial charge in [-0.1, -0.05) is 78.9 Å². The Morgan fingerprint density at radius 1 is 0.810 bits per heavy atom. The lowest BCUT2D eigenvalue weighted by Crippen LogP contribution is -2.31. The average molecular weight is 587 g/mol. The van der Waals surface area contributed by atoms with Crippen LogP contribution in [-0.2, 0) is 27.8 Å². The molecule has 0 aromatic heterocycles. The number of carbonyl (C=O) groups excluding carboxylic acids is 2. The third kappa shape index (κ3) is 8.75. The van der Waals surface area contributed by atoms with Crippen LogP contribution in [0.5, 0.6) is 5.75 Å². The summed E-state index contributed by atoms with van der Waals surface area (Å²) in [5, 5.41) is 18.6. The van der Waals surface area contributed by atoms with Gasteiger partial charge in [0.2, 0.25) is 10.0 Å². The van der Waals surface area contributed by atoms with E-state index in [0.717, 1.165) is 11.1 Å². The van der Waals surface area contributed by atoms with Crippen molar-refractivity contribution in [3.05, 3.63) is 120 Å². The number of hydrogen-bond donors (Lipinski definition) is 4. The predicted molar refractivity (Wildman–Crippen MR) is 159 cm³/mol. The Balaban J connectivity index is 1.21. The lowest BCUT2D eigenvalue weighted by molar-refractivity contribution is 0.145. The normalized spacial score (nSPS) is 10.9. The van der Waals surface area contributed by atoms with Crippen LogP contribution in [0.2, 0.25) is 0 Å². The molecule has 216 valence electrons. The van der Waals surface area contributed by atoms with Gasteiger partial charge in [-0.3, -0.25) is 10.7 Å².